The van der Waals surface area contributed by atoms with E-state index in [9.17, 15) is 4.79 Å². The summed E-state index contributed by atoms with van der Waals surface area (Å²) in [5, 5.41) is 11.6. The van der Waals surface area contributed by atoms with Crippen molar-refractivity contribution < 1.29 is 9.53 Å². The van der Waals surface area contributed by atoms with E-state index in [-0.39, 0.29) is 5.91 Å². The van der Waals surface area contributed by atoms with Crippen molar-refractivity contribution in [3.63, 3.8) is 0 Å². The summed E-state index contributed by atoms with van der Waals surface area (Å²) in [6.45, 7) is 3.69. The van der Waals surface area contributed by atoms with Gasteiger partial charge in [0, 0.05) is 19.6 Å². The third-order valence-corrected chi connectivity index (χ3v) is 3.21. The highest BCUT2D eigenvalue weighted by molar-refractivity contribution is 5.78. The lowest BCUT2D eigenvalue weighted by atomic mass is 10.2. The van der Waals surface area contributed by atoms with Gasteiger partial charge in [-0.25, -0.2) is 0 Å². The van der Waals surface area contributed by atoms with E-state index in [1.165, 1.54) is 0 Å². The van der Waals surface area contributed by atoms with Gasteiger partial charge in [-0.15, -0.1) is 0 Å². The molecule has 0 saturated carbocycles. The molecule has 1 aromatic carbocycles. The fourth-order valence-electron chi connectivity index (χ4n) is 2.16. The lowest BCUT2D eigenvalue weighted by Gasteiger charge is -2.18. The molecule has 0 radical (unpaired) electrons. The highest BCUT2D eigenvalue weighted by atomic mass is 16.5. The molecule has 5 heteroatoms. The lowest BCUT2D eigenvalue weighted by Crippen LogP contribution is -2.34. The monoisotopic (exact) mass is 273 g/mol. The molecular formula is C15H19N3O2. The molecule has 0 spiro atoms. The van der Waals surface area contributed by atoms with E-state index in [0.717, 1.165) is 38.2 Å². The maximum Gasteiger partial charge on any atom is 0.234 e. The smallest absolute Gasteiger partial charge is 0.234 e. The van der Waals surface area contributed by atoms with Crippen LogP contribution in [0.4, 0.5) is 0 Å². The number of carbonyl (C=O) groups is 1. The lowest BCUT2D eigenvalue weighted by molar-refractivity contribution is -0.121. The van der Waals surface area contributed by atoms with Crippen LogP contribution in [0.5, 0.6) is 5.75 Å². The van der Waals surface area contributed by atoms with Crippen LogP contribution in [0.15, 0.2) is 24.3 Å². The van der Waals surface area contributed by atoms with Crippen LogP contribution in [-0.4, -0.2) is 43.6 Å². The Hall–Kier alpha value is -2.06. The largest absolute Gasteiger partial charge is 0.494 e. The molecule has 0 atom stereocenters. The predicted molar refractivity (Wildman–Crippen MR) is 75.3 cm³/mol. The van der Waals surface area contributed by atoms with Crippen LogP contribution in [0.3, 0.4) is 0 Å². The normalized spacial score (nSPS) is 16.1. The Morgan fingerprint density at radius 2 is 2.15 bits per heavy atom. The maximum absolute atomic E-state index is 11.4. The quantitative estimate of drug-likeness (QED) is 0.817. The number of rotatable bonds is 5. The van der Waals surface area contributed by atoms with Crippen molar-refractivity contribution in [2.75, 3.05) is 32.8 Å². The second-order valence-electron chi connectivity index (χ2n) is 4.82. The molecule has 5 nitrogen and oxygen atoms in total. The second-order valence-corrected chi connectivity index (χ2v) is 4.82. The third kappa shape index (κ3) is 4.56. The molecule has 0 aromatic heterocycles. The zero-order chi connectivity index (χ0) is 14.2. The summed E-state index contributed by atoms with van der Waals surface area (Å²) in [7, 11) is 0. The molecule has 0 unspecified atom stereocenters. The van der Waals surface area contributed by atoms with Gasteiger partial charge >= 0.3 is 0 Å². The van der Waals surface area contributed by atoms with Gasteiger partial charge in [0.15, 0.2) is 0 Å². The van der Waals surface area contributed by atoms with Crippen LogP contribution < -0.4 is 10.1 Å². The minimum Gasteiger partial charge on any atom is -0.494 e. The Morgan fingerprint density at radius 3 is 2.90 bits per heavy atom. The number of ether oxygens (including phenoxy) is 1. The fourth-order valence-corrected chi connectivity index (χ4v) is 2.16. The molecule has 1 N–H and O–H groups in total. The van der Waals surface area contributed by atoms with Gasteiger partial charge in [0.2, 0.25) is 5.91 Å². The first kappa shape index (κ1) is 14.4. The van der Waals surface area contributed by atoms with E-state index in [2.05, 4.69) is 16.3 Å². The average Bonchev–Trinajstić information content (AvgIpc) is 2.68. The molecule has 20 heavy (non-hydrogen) atoms. The Morgan fingerprint density at radius 1 is 1.35 bits per heavy atom. The first-order valence-electron chi connectivity index (χ1n) is 6.90. The van der Waals surface area contributed by atoms with Crippen molar-refractivity contribution in [3.05, 3.63) is 29.8 Å². The Labute approximate surface area is 119 Å². The number of nitrogens with one attached hydrogen (secondary N) is 1. The zero-order valence-electron chi connectivity index (χ0n) is 11.5. The van der Waals surface area contributed by atoms with E-state index < -0.39 is 0 Å². The summed E-state index contributed by atoms with van der Waals surface area (Å²) < 4.78 is 5.62. The summed E-state index contributed by atoms with van der Waals surface area (Å²) in [6.07, 6.45) is 1.88. The van der Waals surface area contributed by atoms with Crippen LogP contribution in [-0.2, 0) is 4.79 Å². The zero-order valence-corrected chi connectivity index (χ0v) is 11.5. The summed E-state index contributed by atoms with van der Waals surface area (Å²) >= 11 is 0. The fraction of sp³-hybridized carbons (Fsp3) is 0.467. The maximum atomic E-state index is 11.4. The summed E-state index contributed by atoms with van der Waals surface area (Å²) in [5.74, 6) is 0.883. The highest BCUT2D eigenvalue weighted by Gasteiger charge is 2.13. The number of benzene rings is 1. The van der Waals surface area contributed by atoms with E-state index in [1.54, 1.807) is 24.3 Å². The first-order valence-corrected chi connectivity index (χ1v) is 6.90. The van der Waals surface area contributed by atoms with E-state index in [0.29, 0.717) is 18.7 Å². The molecule has 1 fully saturated rings. The van der Waals surface area contributed by atoms with Crippen molar-refractivity contribution in [3.8, 4) is 11.8 Å². The van der Waals surface area contributed by atoms with E-state index in [4.69, 9.17) is 10.00 Å². The molecule has 0 aliphatic carbocycles. The predicted octanol–water partition coefficient (Wildman–Crippen LogP) is 1.15. The van der Waals surface area contributed by atoms with Gasteiger partial charge in [0.1, 0.15) is 5.75 Å². The number of amides is 1. The summed E-state index contributed by atoms with van der Waals surface area (Å²) in [5.41, 5.74) is 0.632. The SMILES string of the molecule is N#Cc1ccc(OCCCN2CCCNC(=O)C2)cc1. The van der Waals surface area contributed by atoms with Crippen molar-refractivity contribution in [1.29, 1.82) is 5.26 Å². The molecule has 1 heterocycles. The number of nitrogens with zero attached hydrogens (tertiary/aromatic N) is 2. The molecule has 1 aromatic rings. The van der Waals surface area contributed by atoms with Crippen LogP contribution in [0.1, 0.15) is 18.4 Å². The molecule has 106 valence electrons. The number of hydrogen-bond acceptors (Lipinski definition) is 4. The van der Waals surface area contributed by atoms with Crippen molar-refractivity contribution in [2.24, 2.45) is 0 Å². The van der Waals surface area contributed by atoms with Crippen molar-refractivity contribution in [2.45, 2.75) is 12.8 Å². The van der Waals surface area contributed by atoms with Crippen molar-refractivity contribution >= 4 is 5.91 Å². The second kappa shape index (κ2) is 7.51. The number of hydrogen-bond donors (Lipinski definition) is 1. The van der Waals surface area contributed by atoms with Gasteiger partial charge in [-0.2, -0.15) is 5.26 Å². The first-order chi connectivity index (χ1) is 9.78. The third-order valence-electron chi connectivity index (χ3n) is 3.21. The van der Waals surface area contributed by atoms with Gasteiger partial charge in [0.05, 0.1) is 24.8 Å². The van der Waals surface area contributed by atoms with Gasteiger partial charge in [-0.05, 0) is 37.1 Å². The molecule has 1 saturated heterocycles. The number of nitriles is 1. The molecule has 1 amide bonds. The van der Waals surface area contributed by atoms with Crippen LogP contribution in [0, 0.1) is 11.3 Å². The van der Waals surface area contributed by atoms with Gasteiger partial charge in [0.25, 0.3) is 0 Å². The summed E-state index contributed by atoms with van der Waals surface area (Å²) in [6, 6.07) is 9.17. The topological polar surface area (TPSA) is 65.4 Å². The van der Waals surface area contributed by atoms with Crippen LogP contribution in [0.2, 0.25) is 0 Å². The van der Waals surface area contributed by atoms with Gasteiger partial charge < -0.3 is 10.1 Å². The molecule has 1 aliphatic heterocycles. The Balaban J connectivity index is 1.67. The Bertz CT molecular complexity index is 479. The minimum atomic E-state index is 0.107. The number of carbonyl (C=O) groups excluding carboxylic acids is 1. The molecule has 0 bridgehead atoms. The minimum absolute atomic E-state index is 0.107. The van der Waals surface area contributed by atoms with Crippen LogP contribution in [0.25, 0.3) is 0 Å². The van der Waals surface area contributed by atoms with E-state index in [1.807, 2.05) is 0 Å². The van der Waals surface area contributed by atoms with Crippen molar-refractivity contribution in [1.82, 2.24) is 10.2 Å². The molecule has 1 aliphatic rings. The van der Waals surface area contributed by atoms with Gasteiger partial charge in [-0.1, -0.05) is 0 Å². The van der Waals surface area contributed by atoms with E-state index >= 15 is 0 Å². The summed E-state index contributed by atoms with van der Waals surface area (Å²) in [4.78, 5) is 13.6. The van der Waals surface area contributed by atoms with Gasteiger partial charge in [-0.3, -0.25) is 9.69 Å². The molecule has 2 rings (SSSR count). The average molecular weight is 273 g/mol. The standard InChI is InChI=1S/C15H19N3O2/c16-11-13-3-5-14(6-4-13)20-10-2-9-18-8-1-7-17-15(19)12-18/h3-6H,1-2,7-10,12H2,(H,17,19). The molecular weight excluding hydrogens is 254 g/mol. The van der Waals surface area contributed by atoms with Crippen LogP contribution >= 0.6 is 0 Å². The highest BCUT2D eigenvalue weighted by Crippen LogP contribution is 2.11. The Kier molecular flexibility index (Phi) is 5.39.